The summed E-state index contributed by atoms with van der Waals surface area (Å²) >= 11 is 0. The summed E-state index contributed by atoms with van der Waals surface area (Å²) in [6.45, 7) is 0. The van der Waals surface area contributed by atoms with Crippen molar-refractivity contribution in [1.82, 2.24) is 0 Å². The maximum absolute atomic E-state index is 14.6. The minimum Gasteiger partial charge on any atom is -0.436 e. The summed E-state index contributed by atoms with van der Waals surface area (Å²) in [6.07, 6.45) is 6.27. The van der Waals surface area contributed by atoms with Crippen LogP contribution in [0.2, 0.25) is 0 Å². The molecule has 0 bridgehead atoms. The predicted octanol–water partition coefficient (Wildman–Crippen LogP) is 8.76. The number of benzene rings is 7. The second kappa shape index (κ2) is 15.4. The minimum atomic E-state index is -3.77. The number of hydrogen-bond donors (Lipinski definition) is 0. The van der Waals surface area contributed by atoms with E-state index in [0.717, 1.165) is 22.3 Å². The number of rotatable bonds is 6. The smallest absolute Gasteiger partial charge is 0.309 e. The topological polar surface area (TPSA) is 177 Å². The van der Waals surface area contributed by atoms with Crippen LogP contribution in [0.15, 0.2) is 156 Å². The molecule has 7 aromatic rings. The van der Waals surface area contributed by atoms with E-state index >= 15 is 0 Å². The number of hydrogen-bond acceptors (Lipinski definition) is 12. The van der Waals surface area contributed by atoms with Crippen LogP contribution in [0.3, 0.4) is 0 Å². The van der Waals surface area contributed by atoms with Crippen LogP contribution < -0.4 is 39.7 Å². The Bertz CT molecular complexity index is 3110. The van der Waals surface area contributed by atoms with Gasteiger partial charge >= 0.3 is 14.7 Å². The van der Waals surface area contributed by atoms with Crippen molar-refractivity contribution in [3.05, 3.63) is 146 Å². The molecule has 7 aromatic carbocycles. The van der Waals surface area contributed by atoms with Crippen molar-refractivity contribution in [2.24, 2.45) is 9.98 Å². The molecule has 0 saturated carbocycles. The quantitative estimate of drug-likeness (QED) is 0.0684. The summed E-state index contributed by atoms with van der Waals surface area (Å²) in [6, 6.07) is 41.8. The van der Waals surface area contributed by atoms with E-state index in [1.165, 1.54) is 30.3 Å². The second-order valence-corrected chi connectivity index (χ2v) is 17.0. The van der Waals surface area contributed by atoms with E-state index < -0.39 is 14.7 Å². The van der Waals surface area contributed by atoms with Gasteiger partial charge in [0.2, 0.25) is 12.2 Å². The molecule has 0 spiro atoms. The molecule has 14 heteroatoms. The van der Waals surface area contributed by atoms with Gasteiger partial charge in [-0.3, -0.25) is 9.13 Å². The average Bonchev–Trinajstić information content (AvgIpc) is 3.26. The zero-order valence-corrected chi connectivity index (χ0v) is 31.6. The number of fused-ring (bicyclic) bond motifs is 7. The fourth-order valence-corrected chi connectivity index (χ4v) is 11.9. The molecule has 12 nitrogen and oxygen atoms in total. The number of isocyanates is 2. The first kappa shape index (κ1) is 37.1. The van der Waals surface area contributed by atoms with Crippen molar-refractivity contribution in [1.29, 1.82) is 10.5 Å². The Balaban J connectivity index is 0.000000164. The monoisotopic (exact) mass is 798 g/mol. The second-order valence-electron chi connectivity index (χ2n) is 12.5. The third-order valence-corrected chi connectivity index (χ3v) is 14.4. The van der Waals surface area contributed by atoms with Crippen molar-refractivity contribution in [3.63, 3.8) is 0 Å². The van der Waals surface area contributed by atoms with Gasteiger partial charge in [-0.2, -0.15) is 9.98 Å². The van der Waals surface area contributed by atoms with Gasteiger partial charge in [-0.15, -0.1) is 10.5 Å². The molecule has 0 radical (unpaired) electrons. The van der Waals surface area contributed by atoms with E-state index in [2.05, 4.69) is 9.98 Å². The van der Waals surface area contributed by atoms with Crippen molar-refractivity contribution >= 4 is 70.3 Å². The zero-order chi connectivity index (χ0) is 40.3. The first-order chi connectivity index (χ1) is 28.3. The maximum Gasteiger partial charge on any atom is 0.309 e. The van der Waals surface area contributed by atoms with Crippen LogP contribution in [-0.4, -0.2) is 12.2 Å². The predicted molar refractivity (Wildman–Crippen MR) is 217 cm³/mol. The fourth-order valence-electron chi connectivity index (χ4n) is 7.02. The molecule has 2 atom stereocenters. The number of carbonyl (C=O) groups excluding carboxylic acids is 2. The van der Waals surface area contributed by atoms with Gasteiger partial charge < -0.3 is 18.5 Å². The van der Waals surface area contributed by atoms with Crippen LogP contribution in [0.4, 0.5) is 11.4 Å². The van der Waals surface area contributed by atoms with Gasteiger partial charge in [0, 0.05) is 21.9 Å². The Morgan fingerprint density at radius 3 is 1.57 bits per heavy atom. The molecule has 278 valence electrons. The van der Waals surface area contributed by atoms with Crippen LogP contribution in [0.1, 0.15) is 0 Å². The molecule has 2 heterocycles. The molecule has 0 N–H and O–H groups in total. The van der Waals surface area contributed by atoms with Crippen molar-refractivity contribution in [2.75, 3.05) is 0 Å². The maximum atomic E-state index is 14.6. The molecular weight excluding hydrogens is 774 g/mol. The normalized spacial score (nSPS) is 16.4. The minimum absolute atomic E-state index is 0.146. The van der Waals surface area contributed by atoms with Gasteiger partial charge in [0.15, 0.2) is 5.75 Å². The van der Waals surface area contributed by atoms with Crippen LogP contribution in [0.25, 0.3) is 33.0 Å². The van der Waals surface area contributed by atoms with Gasteiger partial charge in [-0.1, -0.05) is 97.1 Å². The Kier molecular flexibility index (Phi) is 9.85. The van der Waals surface area contributed by atoms with E-state index in [9.17, 15) is 18.7 Å². The van der Waals surface area contributed by atoms with Gasteiger partial charge in [0.25, 0.3) is 12.5 Å². The molecule has 2 aliphatic rings. The Labute approximate surface area is 330 Å². The summed E-state index contributed by atoms with van der Waals surface area (Å²) in [4.78, 5) is 29.7. The molecule has 0 aliphatic carbocycles. The highest BCUT2D eigenvalue weighted by Gasteiger charge is 2.42. The van der Waals surface area contributed by atoms with Crippen molar-refractivity contribution in [3.8, 4) is 57.8 Å². The summed E-state index contributed by atoms with van der Waals surface area (Å²) in [7, 11) is -7.44. The highest BCUT2D eigenvalue weighted by molar-refractivity contribution is 7.75. The SMILES string of the molecule is N#COc1cc(P2(=O)Oc3ccccc3-c3ccccc32)c(N=C=O)c2ccccc12.N#COc1ccc(N=C=O)c(P2(=O)Oc3ccccc3-c3ccccc32)c1. The molecule has 58 heavy (non-hydrogen) atoms. The summed E-state index contributed by atoms with van der Waals surface area (Å²) in [5, 5.41) is 20.3. The lowest BCUT2D eigenvalue weighted by atomic mass is 10.0. The van der Waals surface area contributed by atoms with Crippen LogP contribution in [-0.2, 0) is 18.7 Å². The lowest BCUT2D eigenvalue weighted by molar-refractivity contribution is 0.498. The average molecular weight is 799 g/mol. The van der Waals surface area contributed by atoms with E-state index in [1.807, 2.05) is 48.5 Å². The van der Waals surface area contributed by atoms with Crippen LogP contribution >= 0.6 is 14.7 Å². The standard InChI is InChI=1S/C24H13N2O4P.C20H11N2O4P/c25-14-29-21-13-23(24(26-15-27)19-10-2-1-8-17(19)21)31(28)22-12-6-4-9-18(22)16-7-3-5-11-20(16)30-31;21-12-25-14-9-10-17(22-13-23)20(11-14)27(24)19-8-4-2-6-16(19)15-5-1-3-7-18(15)26-27/h1-13H;1-11H. The van der Waals surface area contributed by atoms with Crippen LogP contribution in [0, 0.1) is 23.0 Å². The summed E-state index contributed by atoms with van der Waals surface area (Å²) in [5.74, 6) is 1.30. The van der Waals surface area contributed by atoms with Gasteiger partial charge in [-0.25, -0.2) is 9.59 Å². The Hall–Kier alpha value is -7.80. The largest absolute Gasteiger partial charge is 0.436 e. The van der Waals surface area contributed by atoms with Gasteiger partial charge in [-0.05, 0) is 59.7 Å². The number of nitrogens with zero attached hydrogens (tertiary/aromatic N) is 4. The molecule has 9 rings (SSSR count). The third-order valence-electron chi connectivity index (χ3n) is 9.43. The molecule has 0 fully saturated rings. The molecule has 2 aliphatic heterocycles. The van der Waals surface area contributed by atoms with Crippen molar-refractivity contribution in [2.45, 2.75) is 0 Å². The highest BCUT2D eigenvalue weighted by atomic mass is 31.2. The molecule has 0 amide bonds. The summed E-state index contributed by atoms with van der Waals surface area (Å²) in [5.41, 5.74) is 3.50. The molecular formula is C44H24N4O8P2. The Morgan fingerprint density at radius 2 is 1.00 bits per heavy atom. The van der Waals surface area contributed by atoms with Crippen LogP contribution in [0.5, 0.6) is 23.0 Å². The lowest BCUT2D eigenvalue weighted by Crippen LogP contribution is -2.25. The number of ether oxygens (including phenoxy) is 2. The fraction of sp³-hybridized carbons (Fsp3) is 0. The number of aliphatic imine (C=N–C) groups is 2. The van der Waals surface area contributed by atoms with E-state index in [1.54, 1.807) is 91.4 Å². The zero-order valence-electron chi connectivity index (χ0n) is 29.8. The first-order valence-electron chi connectivity index (χ1n) is 17.3. The third kappa shape index (κ3) is 6.33. The highest BCUT2D eigenvalue weighted by Crippen LogP contribution is 2.57. The van der Waals surface area contributed by atoms with Gasteiger partial charge in [0.1, 0.15) is 17.2 Å². The van der Waals surface area contributed by atoms with E-state index in [0.29, 0.717) is 32.9 Å². The molecule has 2 unspecified atom stereocenters. The van der Waals surface area contributed by atoms with Gasteiger partial charge in [0.05, 0.1) is 32.6 Å². The van der Waals surface area contributed by atoms with E-state index in [-0.39, 0.29) is 33.5 Å². The first-order valence-corrected chi connectivity index (χ1v) is 20.6. The van der Waals surface area contributed by atoms with E-state index in [4.69, 9.17) is 29.0 Å². The number of para-hydroxylation sites is 2. The Morgan fingerprint density at radius 1 is 0.500 bits per heavy atom. The molecule has 0 saturated heterocycles. The van der Waals surface area contributed by atoms with Crippen molar-refractivity contribution < 1.29 is 37.2 Å². The lowest BCUT2D eigenvalue weighted by Gasteiger charge is -2.29. The number of nitriles is 2. The molecule has 0 aromatic heterocycles. The summed E-state index contributed by atoms with van der Waals surface area (Å²) < 4.78 is 50.8.